The summed E-state index contributed by atoms with van der Waals surface area (Å²) in [5.74, 6) is 16.9. The Bertz CT molecular complexity index is 815. The van der Waals surface area contributed by atoms with Gasteiger partial charge in [-0.15, -0.1) is 0 Å². The zero-order valence-electron chi connectivity index (χ0n) is 21.2. The van der Waals surface area contributed by atoms with Crippen LogP contribution in [0.15, 0.2) is 11.6 Å². The average molecular weight is 435 g/mol. The first-order valence-corrected chi connectivity index (χ1v) is 13.7. The maximum Gasteiger partial charge on any atom is 0.0577 e. The molecular formula is C31H46O. The summed E-state index contributed by atoms with van der Waals surface area (Å²) >= 11 is 0. The second kappa shape index (κ2) is 9.98. The van der Waals surface area contributed by atoms with E-state index in [-0.39, 0.29) is 6.10 Å². The summed E-state index contributed by atoms with van der Waals surface area (Å²) in [6.45, 7) is 9.86. The van der Waals surface area contributed by atoms with Crippen LogP contribution in [-0.4, -0.2) is 11.2 Å². The molecule has 4 aliphatic carbocycles. The zero-order chi connectivity index (χ0) is 22.8. The van der Waals surface area contributed by atoms with Gasteiger partial charge in [0.25, 0.3) is 0 Å². The number of fused-ring (bicyclic) bond motifs is 5. The first-order chi connectivity index (χ1) is 15.4. The molecule has 0 aliphatic heterocycles. The second-order valence-electron chi connectivity index (χ2n) is 12.1. The Labute approximate surface area is 198 Å². The van der Waals surface area contributed by atoms with E-state index in [1.54, 1.807) is 5.57 Å². The van der Waals surface area contributed by atoms with E-state index in [4.69, 9.17) is 0 Å². The van der Waals surface area contributed by atoms with E-state index in [0.29, 0.717) is 16.7 Å². The van der Waals surface area contributed by atoms with Crippen molar-refractivity contribution in [2.24, 2.45) is 40.4 Å². The topological polar surface area (TPSA) is 20.2 Å². The lowest BCUT2D eigenvalue weighted by atomic mass is 9.47. The van der Waals surface area contributed by atoms with Crippen molar-refractivity contribution in [1.29, 1.82) is 0 Å². The molecule has 0 unspecified atom stereocenters. The summed E-state index contributed by atoms with van der Waals surface area (Å²) in [6, 6.07) is 0. The molecule has 0 amide bonds. The Kier molecular flexibility index (Phi) is 7.47. The van der Waals surface area contributed by atoms with Crippen molar-refractivity contribution >= 4 is 0 Å². The fourth-order valence-electron chi connectivity index (χ4n) is 8.59. The lowest BCUT2D eigenvalue weighted by molar-refractivity contribution is -0.0563. The number of aliphatic hydroxyl groups is 1. The van der Waals surface area contributed by atoms with Gasteiger partial charge >= 0.3 is 0 Å². The molecule has 1 N–H and O–H groups in total. The Balaban J connectivity index is 1.40. The Hall–Kier alpha value is -1.18. The largest absolute Gasteiger partial charge is 0.393 e. The number of aliphatic hydroxyl groups excluding tert-OH is 1. The van der Waals surface area contributed by atoms with Gasteiger partial charge in [0.1, 0.15) is 0 Å². The van der Waals surface area contributed by atoms with Gasteiger partial charge in [-0.2, -0.15) is 0 Å². The zero-order valence-corrected chi connectivity index (χ0v) is 21.2. The summed E-state index contributed by atoms with van der Waals surface area (Å²) in [5.41, 5.74) is 2.44. The number of rotatable bonds is 5. The molecule has 0 heterocycles. The van der Waals surface area contributed by atoms with E-state index in [0.717, 1.165) is 49.4 Å². The molecule has 3 fully saturated rings. The quantitative estimate of drug-likeness (QED) is 0.269. The predicted octanol–water partition coefficient (Wildman–Crippen LogP) is 7.54. The number of hydrogen-bond donors (Lipinski definition) is 1. The molecule has 0 aromatic heterocycles. The van der Waals surface area contributed by atoms with Gasteiger partial charge < -0.3 is 5.11 Å². The van der Waals surface area contributed by atoms with Crippen LogP contribution in [0.5, 0.6) is 0 Å². The molecule has 0 saturated heterocycles. The summed E-state index contributed by atoms with van der Waals surface area (Å²) in [4.78, 5) is 0. The molecule has 1 heteroatoms. The van der Waals surface area contributed by atoms with Gasteiger partial charge in [0.05, 0.1) is 6.10 Å². The lowest BCUT2D eigenvalue weighted by Gasteiger charge is -2.58. The minimum absolute atomic E-state index is 0.0985. The SMILES string of the molecule is CCCCCC#CC#CC[C@@H](C)[C@H]1CC[C@H]2[C@@H]3CC=C4C[C@@H](O)CC[C@]4(C)[C@H]3CC[C@]12C. The van der Waals surface area contributed by atoms with Crippen molar-refractivity contribution in [3.05, 3.63) is 11.6 Å². The Morgan fingerprint density at radius 1 is 1.03 bits per heavy atom. The van der Waals surface area contributed by atoms with Crippen LogP contribution in [0.2, 0.25) is 0 Å². The highest BCUT2D eigenvalue weighted by molar-refractivity contribution is 5.27. The van der Waals surface area contributed by atoms with Crippen LogP contribution < -0.4 is 0 Å². The molecular weight excluding hydrogens is 388 g/mol. The maximum atomic E-state index is 10.2. The predicted molar refractivity (Wildman–Crippen MR) is 135 cm³/mol. The molecule has 0 aromatic rings. The maximum absolute atomic E-state index is 10.2. The van der Waals surface area contributed by atoms with Gasteiger partial charge in [0.2, 0.25) is 0 Å². The lowest BCUT2D eigenvalue weighted by Crippen LogP contribution is -2.50. The van der Waals surface area contributed by atoms with E-state index < -0.39 is 0 Å². The first-order valence-electron chi connectivity index (χ1n) is 13.7. The van der Waals surface area contributed by atoms with Gasteiger partial charge in [-0.05, 0) is 110 Å². The fraction of sp³-hybridized carbons (Fsp3) is 0.806. The summed E-state index contributed by atoms with van der Waals surface area (Å²) in [7, 11) is 0. The van der Waals surface area contributed by atoms with E-state index >= 15 is 0 Å². The molecule has 0 spiro atoms. The van der Waals surface area contributed by atoms with Gasteiger partial charge in [0.15, 0.2) is 0 Å². The van der Waals surface area contributed by atoms with Gasteiger partial charge in [-0.1, -0.05) is 64.0 Å². The minimum Gasteiger partial charge on any atom is -0.393 e. The number of hydrogen-bond acceptors (Lipinski definition) is 1. The van der Waals surface area contributed by atoms with Crippen molar-refractivity contribution in [2.75, 3.05) is 0 Å². The molecule has 3 saturated carbocycles. The van der Waals surface area contributed by atoms with E-state index in [9.17, 15) is 5.11 Å². The smallest absolute Gasteiger partial charge is 0.0577 e. The third kappa shape index (κ3) is 4.45. The van der Waals surface area contributed by atoms with Crippen molar-refractivity contribution in [2.45, 2.75) is 117 Å². The summed E-state index contributed by atoms with van der Waals surface area (Å²) < 4.78 is 0. The Morgan fingerprint density at radius 3 is 2.66 bits per heavy atom. The van der Waals surface area contributed by atoms with Gasteiger partial charge in [0, 0.05) is 12.8 Å². The molecule has 1 nitrogen and oxygen atoms in total. The van der Waals surface area contributed by atoms with E-state index in [1.165, 1.54) is 57.8 Å². The number of unbranched alkanes of at least 4 members (excludes halogenated alkanes) is 3. The normalized spacial score (nSPS) is 41.0. The van der Waals surface area contributed by atoms with Crippen LogP contribution in [0.25, 0.3) is 0 Å². The van der Waals surface area contributed by atoms with Crippen molar-refractivity contribution < 1.29 is 5.11 Å². The third-order valence-corrected chi connectivity index (χ3v) is 10.4. The highest BCUT2D eigenvalue weighted by Gasteiger charge is 2.59. The highest BCUT2D eigenvalue weighted by Crippen LogP contribution is 2.67. The molecule has 176 valence electrons. The van der Waals surface area contributed by atoms with Crippen molar-refractivity contribution in [3.8, 4) is 23.7 Å². The van der Waals surface area contributed by atoms with Crippen LogP contribution in [0, 0.1) is 64.1 Å². The van der Waals surface area contributed by atoms with Gasteiger partial charge in [-0.25, -0.2) is 0 Å². The Morgan fingerprint density at radius 2 is 1.84 bits per heavy atom. The standard InChI is InChI=1S/C31H46O/c1-5-6-7-8-9-10-11-12-13-23(2)27-16-17-28-26-15-14-24-22-25(32)18-20-30(24,3)29(26)19-21-31(27,28)4/h14,23,25-29,32H,5-8,13,15-22H2,1-4H3/t23-,25+,26+,27-,28+,29+,30+,31-/m1/s1. The molecule has 0 radical (unpaired) electrons. The first kappa shape index (κ1) is 24.0. The van der Waals surface area contributed by atoms with E-state index in [2.05, 4.69) is 57.5 Å². The monoisotopic (exact) mass is 434 g/mol. The van der Waals surface area contributed by atoms with Crippen molar-refractivity contribution in [3.63, 3.8) is 0 Å². The highest BCUT2D eigenvalue weighted by atomic mass is 16.3. The second-order valence-corrected chi connectivity index (χ2v) is 12.1. The van der Waals surface area contributed by atoms with Gasteiger partial charge in [-0.3, -0.25) is 0 Å². The third-order valence-electron chi connectivity index (χ3n) is 10.4. The molecule has 0 bridgehead atoms. The van der Waals surface area contributed by atoms with Crippen LogP contribution in [0.3, 0.4) is 0 Å². The van der Waals surface area contributed by atoms with Crippen LogP contribution >= 0.6 is 0 Å². The van der Waals surface area contributed by atoms with Crippen LogP contribution in [-0.2, 0) is 0 Å². The molecule has 0 aromatic carbocycles. The summed E-state index contributed by atoms with van der Waals surface area (Å²) in [5, 5.41) is 10.2. The van der Waals surface area contributed by atoms with Crippen molar-refractivity contribution in [1.82, 2.24) is 0 Å². The molecule has 4 aliphatic rings. The minimum atomic E-state index is -0.0985. The van der Waals surface area contributed by atoms with E-state index in [1.807, 2.05) is 0 Å². The number of allylic oxidation sites excluding steroid dienone is 1. The van der Waals surface area contributed by atoms with Crippen LogP contribution in [0.1, 0.15) is 111 Å². The fourth-order valence-corrected chi connectivity index (χ4v) is 8.59. The molecule has 32 heavy (non-hydrogen) atoms. The molecule has 4 rings (SSSR count). The van der Waals surface area contributed by atoms with Crippen LogP contribution in [0.4, 0.5) is 0 Å². The average Bonchev–Trinajstić information content (AvgIpc) is 3.13. The molecule has 8 atom stereocenters. The summed E-state index contributed by atoms with van der Waals surface area (Å²) in [6.07, 6.45) is 18.2.